The van der Waals surface area contributed by atoms with Gasteiger partial charge < -0.3 is 10.1 Å². The highest BCUT2D eigenvalue weighted by molar-refractivity contribution is 7.89. The monoisotopic (exact) mass is 419 g/mol. The van der Waals surface area contributed by atoms with Gasteiger partial charge in [0.05, 0.1) is 23.0 Å². The van der Waals surface area contributed by atoms with Crippen LogP contribution in [-0.2, 0) is 14.8 Å². The second-order valence-corrected chi connectivity index (χ2v) is 8.79. The number of benzene rings is 2. The van der Waals surface area contributed by atoms with Crippen LogP contribution in [0, 0.1) is 10.1 Å². The van der Waals surface area contributed by atoms with E-state index in [1.54, 1.807) is 0 Å². The third kappa shape index (κ3) is 4.92. The van der Waals surface area contributed by atoms with E-state index < -0.39 is 14.9 Å². The fraction of sp³-hybridized carbons (Fsp3) is 0.400. The van der Waals surface area contributed by atoms with Gasteiger partial charge in [-0.05, 0) is 24.1 Å². The van der Waals surface area contributed by atoms with E-state index in [0.717, 1.165) is 18.1 Å². The van der Waals surface area contributed by atoms with Crippen molar-refractivity contribution in [1.29, 1.82) is 0 Å². The van der Waals surface area contributed by atoms with Crippen LogP contribution in [0.4, 0.5) is 11.4 Å². The molecular weight excluding hydrogens is 394 g/mol. The van der Waals surface area contributed by atoms with Crippen molar-refractivity contribution in [3.8, 4) is 0 Å². The normalized spacial score (nSPS) is 16.3. The highest BCUT2D eigenvalue weighted by atomic mass is 32.2. The largest absolute Gasteiger partial charge is 0.379 e. The summed E-state index contributed by atoms with van der Waals surface area (Å²) < 4.78 is 32.1. The van der Waals surface area contributed by atoms with E-state index in [9.17, 15) is 18.5 Å². The summed E-state index contributed by atoms with van der Waals surface area (Å²) in [4.78, 5) is 11.0. The molecular formula is C20H25N3O5S. The van der Waals surface area contributed by atoms with E-state index in [-0.39, 0.29) is 29.6 Å². The quantitative estimate of drug-likeness (QED) is 0.521. The molecule has 0 spiro atoms. The fourth-order valence-corrected chi connectivity index (χ4v) is 4.79. The molecule has 156 valence electrons. The molecule has 29 heavy (non-hydrogen) atoms. The van der Waals surface area contributed by atoms with E-state index in [2.05, 4.69) is 12.2 Å². The Morgan fingerprint density at radius 3 is 2.48 bits per heavy atom. The molecule has 8 nitrogen and oxygen atoms in total. The Morgan fingerprint density at radius 1 is 1.17 bits per heavy atom. The van der Waals surface area contributed by atoms with Crippen LogP contribution in [0.3, 0.4) is 0 Å². The number of ether oxygens (including phenoxy) is 1. The number of nitrogens with zero attached hydrogens (tertiary/aromatic N) is 2. The SMILES string of the molecule is CC[C@@H](CNc1ccc(S(=O)(=O)N2CCOCC2)cc1[N+](=O)[O-])c1ccccc1. The predicted molar refractivity (Wildman–Crippen MR) is 111 cm³/mol. The minimum Gasteiger partial charge on any atom is -0.379 e. The summed E-state index contributed by atoms with van der Waals surface area (Å²) in [6.07, 6.45) is 0.869. The number of sulfonamides is 1. The van der Waals surface area contributed by atoms with Crippen LogP contribution in [0.15, 0.2) is 53.4 Å². The molecule has 0 saturated carbocycles. The Hall–Kier alpha value is -2.49. The molecule has 1 atom stereocenters. The van der Waals surface area contributed by atoms with Crippen molar-refractivity contribution < 1.29 is 18.1 Å². The molecule has 3 rings (SSSR count). The van der Waals surface area contributed by atoms with Crippen LogP contribution >= 0.6 is 0 Å². The maximum absolute atomic E-state index is 12.8. The van der Waals surface area contributed by atoms with E-state index in [0.29, 0.717) is 25.4 Å². The van der Waals surface area contributed by atoms with Crippen molar-refractivity contribution >= 4 is 21.4 Å². The lowest BCUT2D eigenvalue weighted by molar-refractivity contribution is -0.384. The lowest BCUT2D eigenvalue weighted by atomic mass is 9.96. The number of nitrogens with one attached hydrogen (secondary N) is 1. The lowest BCUT2D eigenvalue weighted by Crippen LogP contribution is -2.40. The fourth-order valence-electron chi connectivity index (χ4n) is 3.36. The maximum atomic E-state index is 12.8. The summed E-state index contributed by atoms with van der Waals surface area (Å²) in [6, 6.07) is 14.0. The second kappa shape index (κ2) is 9.34. The zero-order chi connectivity index (χ0) is 20.9. The number of nitro benzene ring substituents is 1. The molecule has 0 aromatic heterocycles. The Bertz CT molecular complexity index is 944. The summed E-state index contributed by atoms with van der Waals surface area (Å²) in [5, 5.41) is 14.7. The van der Waals surface area contributed by atoms with Crippen LogP contribution in [0.2, 0.25) is 0 Å². The van der Waals surface area contributed by atoms with Crippen molar-refractivity contribution in [1.82, 2.24) is 4.31 Å². The van der Waals surface area contributed by atoms with Gasteiger partial charge in [-0.3, -0.25) is 10.1 Å². The summed E-state index contributed by atoms with van der Waals surface area (Å²) in [6.45, 7) is 3.69. The molecule has 1 heterocycles. The van der Waals surface area contributed by atoms with Gasteiger partial charge in [0.2, 0.25) is 10.0 Å². The van der Waals surface area contributed by atoms with Crippen molar-refractivity contribution in [3.63, 3.8) is 0 Å². The van der Waals surface area contributed by atoms with Gasteiger partial charge in [-0.15, -0.1) is 0 Å². The van der Waals surface area contributed by atoms with Crippen LogP contribution in [0.1, 0.15) is 24.8 Å². The Morgan fingerprint density at radius 2 is 1.86 bits per heavy atom. The molecule has 9 heteroatoms. The second-order valence-electron chi connectivity index (χ2n) is 6.85. The third-order valence-corrected chi connectivity index (χ3v) is 6.97. The summed E-state index contributed by atoms with van der Waals surface area (Å²) in [7, 11) is -3.79. The van der Waals surface area contributed by atoms with Gasteiger partial charge in [0.25, 0.3) is 5.69 Å². The predicted octanol–water partition coefficient (Wildman–Crippen LogP) is 3.22. The van der Waals surface area contributed by atoms with Gasteiger partial charge >= 0.3 is 0 Å². The number of hydrogen-bond donors (Lipinski definition) is 1. The third-order valence-electron chi connectivity index (χ3n) is 5.08. The van der Waals surface area contributed by atoms with Gasteiger partial charge in [0.1, 0.15) is 5.69 Å². The van der Waals surface area contributed by atoms with Gasteiger partial charge in [-0.1, -0.05) is 37.3 Å². The van der Waals surface area contributed by atoms with Gasteiger partial charge in [-0.2, -0.15) is 4.31 Å². The Kier molecular flexibility index (Phi) is 6.83. The average Bonchev–Trinajstić information content (AvgIpc) is 2.75. The van der Waals surface area contributed by atoms with Gasteiger partial charge in [-0.25, -0.2) is 8.42 Å². The van der Waals surface area contributed by atoms with Crippen molar-refractivity contribution in [3.05, 3.63) is 64.2 Å². The van der Waals surface area contributed by atoms with Crippen LogP contribution < -0.4 is 5.32 Å². The first-order valence-corrected chi connectivity index (χ1v) is 11.0. The first-order chi connectivity index (χ1) is 13.9. The lowest BCUT2D eigenvalue weighted by Gasteiger charge is -2.26. The molecule has 0 bridgehead atoms. The molecule has 0 unspecified atom stereocenters. The highest BCUT2D eigenvalue weighted by Gasteiger charge is 2.29. The molecule has 2 aromatic rings. The van der Waals surface area contributed by atoms with E-state index in [1.807, 2.05) is 30.3 Å². The molecule has 1 aliphatic rings. The van der Waals surface area contributed by atoms with Crippen LogP contribution in [-0.4, -0.2) is 50.5 Å². The summed E-state index contributed by atoms with van der Waals surface area (Å²) in [5.41, 5.74) is 1.21. The number of hydrogen-bond acceptors (Lipinski definition) is 6. The minimum atomic E-state index is -3.79. The maximum Gasteiger partial charge on any atom is 0.293 e. The Balaban J connectivity index is 1.82. The smallest absolute Gasteiger partial charge is 0.293 e. The molecule has 1 saturated heterocycles. The minimum absolute atomic E-state index is 0.0771. The standard InChI is InChI=1S/C20H25N3O5S/c1-2-16(17-6-4-3-5-7-17)15-21-19-9-8-18(14-20(19)23(24)25)29(26,27)22-10-12-28-13-11-22/h3-9,14,16,21H,2,10-13,15H2,1H3/t16-/m0/s1. The molecule has 0 radical (unpaired) electrons. The zero-order valence-electron chi connectivity index (χ0n) is 16.3. The molecule has 0 aliphatic carbocycles. The van der Waals surface area contributed by atoms with Crippen molar-refractivity contribution in [2.75, 3.05) is 38.2 Å². The molecule has 0 amide bonds. The number of morpholine rings is 1. The average molecular weight is 420 g/mol. The molecule has 1 N–H and O–H groups in total. The van der Waals surface area contributed by atoms with Gasteiger partial charge in [0.15, 0.2) is 0 Å². The number of nitro groups is 1. The molecule has 2 aromatic carbocycles. The van der Waals surface area contributed by atoms with E-state index in [4.69, 9.17) is 4.74 Å². The first-order valence-electron chi connectivity index (χ1n) is 9.58. The highest BCUT2D eigenvalue weighted by Crippen LogP contribution is 2.30. The number of anilines is 1. The topological polar surface area (TPSA) is 102 Å². The molecule has 1 fully saturated rings. The van der Waals surface area contributed by atoms with Gasteiger partial charge in [0, 0.05) is 31.6 Å². The van der Waals surface area contributed by atoms with Crippen LogP contribution in [0.25, 0.3) is 0 Å². The summed E-state index contributed by atoms with van der Waals surface area (Å²) >= 11 is 0. The van der Waals surface area contributed by atoms with Crippen molar-refractivity contribution in [2.45, 2.75) is 24.2 Å². The van der Waals surface area contributed by atoms with E-state index >= 15 is 0 Å². The van der Waals surface area contributed by atoms with Crippen molar-refractivity contribution in [2.24, 2.45) is 0 Å². The van der Waals surface area contributed by atoms with Crippen LogP contribution in [0.5, 0.6) is 0 Å². The molecule has 1 aliphatic heterocycles. The Labute approximate surface area is 170 Å². The first kappa shape index (κ1) is 21.2. The summed E-state index contributed by atoms with van der Waals surface area (Å²) in [5.74, 6) is 0.188. The van der Waals surface area contributed by atoms with E-state index in [1.165, 1.54) is 16.4 Å². The zero-order valence-corrected chi connectivity index (χ0v) is 17.1. The number of rotatable bonds is 8.